The molecule has 1 aromatic heterocycles. The highest BCUT2D eigenvalue weighted by Crippen LogP contribution is 2.36. The monoisotopic (exact) mass is 371 g/mol. The van der Waals surface area contributed by atoms with E-state index in [1.165, 1.54) is 36.1 Å². The molecule has 142 valence electrons. The number of hydrogen-bond donors (Lipinski definition) is 1. The van der Waals surface area contributed by atoms with Crippen molar-refractivity contribution < 1.29 is 4.74 Å². The van der Waals surface area contributed by atoms with Gasteiger partial charge in [0.1, 0.15) is 0 Å². The quantitative estimate of drug-likeness (QED) is 0.628. The molecule has 1 aromatic carbocycles. The lowest BCUT2D eigenvalue weighted by molar-refractivity contribution is -0.0830. The van der Waals surface area contributed by atoms with Crippen LogP contribution in [0.5, 0.6) is 0 Å². The number of hydrogen-bond acceptors (Lipinski definition) is 3. The highest BCUT2D eigenvalue weighted by Gasteiger charge is 2.33. The van der Waals surface area contributed by atoms with Crippen LogP contribution in [0.25, 0.3) is 0 Å². The summed E-state index contributed by atoms with van der Waals surface area (Å²) in [6.45, 7) is 8.75. The standard InChI is InChI=1S/C23H33NOS/c1-18(22-10-7-15-26-22)24-13-11-20(16-19-8-5-4-6-9-19)21-12-14-25-23(2,3)17-21/h4-10,15,18,20-21,24H,11-14,16-17H2,1-3H3. The molecule has 0 saturated carbocycles. The van der Waals surface area contributed by atoms with Crippen LogP contribution in [0.3, 0.4) is 0 Å². The molecule has 0 spiro atoms. The third-order valence-corrected chi connectivity index (χ3v) is 6.73. The van der Waals surface area contributed by atoms with Gasteiger partial charge in [0.25, 0.3) is 0 Å². The SMILES string of the molecule is CC(NCCC(Cc1ccccc1)C1CCOC(C)(C)C1)c1cccs1. The summed E-state index contributed by atoms with van der Waals surface area (Å²) in [6, 6.07) is 15.8. The zero-order valence-corrected chi connectivity index (χ0v) is 17.2. The predicted molar refractivity (Wildman–Crippen MR) is 112 cm³/mol. The molecule has 1 saturated heterocycles. The van der Waals surface area contributed by atoms with Gasteiger partial charge in [0.05, 0.1) is 5.60 Å². The molecule has 3 atom stereocenters. The minimum atomic E-state index is 0.0234. The molecule has 3 rings (SSSR count). The van der Waals surface area contributed by atoms with Gasteiger partial charge in [-0.1, -0.05) is 36.4 Å². The minimum Gasteiger partial charge on any atom is -0.376 e. The maximum Gasteiger partial charge on any atom is 0.0629 e. The predicted octanol–water partition coefficient (Wildman–Crippen LogP) is 5.85. The van der Waals surface area contributed by atoms with E-state index >= 15 is 0 Å². The molecule has 3 heteroatoms. The van der Waals surface area contributed by atoms with Gasteiger partial charge in [-0.2, -0.15) is 0 Å². The molecule has 1 N–H and O–H groups in total. The van der Waals surface area contributed by atoms with Gasteiger partial charge in [-0.15, -0.1) is 11.3 Å². The first-order valence-electron chi connectivity index (χ1n) is 9.98. The first-order valence-corrected chi connectivity index (χ1v) is 10.9. The van der Waals surface area contributed by atoms with Crippen LogP contribution >= 0.6 is 11.3 Å². The lowest BCUT2D eigenvalue weighted by Gasteiger charge is -2.39. The fourth-order valence-corrected chi connectivity index (χ4v) is 4.98. The van der Waals surface area contributed by atoms with Crippen LogP contribution in [0.2, 0.25) is 0 Å². The summed E-state index contributed by atoms with van der Waals surface area (Å²) in [4.78, 5) is 1.43. The van der Waals surface area contributed by atoms with E-state index in [1.807, 2.05) is 11.3 Å². The molecule has 2 aromatic rings. The topological polar surface area (TPSA) is 21.3 Å². The molecule has 1 aliphatic heterocycles. The second-order valence-corrected chi connectivity index (χ2v) is 9.27. The maximum atomic E-state index is 5.97. The van der Waals surface area contributed by atoms with E-state index in [1.54, 1.807) is 0 Å². The Bertz CT molecular complexity index is 637. The third kappa shape index (κ3) is 5.67. The Hall–Kier alpha value is -1.16. The van der Waals surface area contributed by atoms with Crippen LogP contribution in [-0.2, 0) is 11.2 Å². The molecule has 0 radical (unpaired) electrons. The van der Waals surface area contributed by atoms with Crippen molar-refractivity contribution in [3.05, 3.63) is 58.3 Å². The van der Waals surface area contributed by atoms with E-state index in [0.717, 1.165) is 19.1 Å². The summed E-state index contributed by atoms with van der Waals surface area (Å²) in [6.07, 6.45) is 4.77. The smallest absolute Gasteiger partial charge is 0.0629 e. The van der Waals surface area contributed by atoms with Crippen LogP contribution in [0.1, 0.15) is 56.5 Å². The molecular formula is C23H33NOS. The Balaban J connectivity index is 1.60. The number of rotatable bonds is 8. The zero-order valence-electron chi connectivity index (χ0n) is 16.4. The molecule has 1 fully saturated rings. The van der Waals surface area contributed by atoms with E-state index in [-0.39, 0.29) is 5.60 Å². The second-order valence-electron chi connectivity index (χ2n) is 8.29. The molecule has 0 aliphatic carbocycles. The van der Waals surface area contributed by atoms with E-state index < -0.39 is 0 Å². The Morgan fingerprint density at radius 3 is 2.69 bits per heavy atom. The van der Waals surface area contributed by atoms with Crippen molar-refractivity contribution in [1.82, 2.24) is 5.32 Å². The fraction of sp³-hybridized carbons (Fsp3) is 0.565. The minimum absolute atomic E-state index is 0.0234. The summed E-state index contributed by atoms with van der Waals surface area (Å²) in [5.41, 5.74) is 1.49. The summed E-state index contributed by atoms with van der Waals surface area (Å²) in [5.74, 6) is 1.46. The zero-order chi connectivity index (χ0) is 18.4. The van der Waals surface area contributed by atoms with Gasteiger partial charge in [-0.25, -0.2) is 0 Å². The van der Waals surface area contributed by atoms with Gasteiger partial charge in [0.2, 0.25) is 0 Å². The van der Waals surface area contributed by atoms with Gasteiger partial charge < -0.3 is 10.1 Å². The van der Waals surface area contributed by atoms with Gasteiger partial charge in [-0.3, -0.25) is 0 Å². The average Bonchev–Trinajstić information content (AvgIpc) is 3.15. The molecule has 2 nitrogen and oxygen atoms in total. The van der Waals surface area contributed by atoms with Gasteiger partial charge in [-0.05, 0) is 81.8 Å². The van der Waals surface area contributed by atoms with Crippen molar-refractivity contribution in [2.45, 2.75) is 58.1 Å². The summed E-state index contributed by atoms with van der Waals surface area (Å²) in [5, 5.41) is 5.90. The van der Waals surface area contributed by atoms with Crippen molar-refractivity contribution in [2.75, 3.05) is 13.2 Å². The Kier molecular flexibility index (Phi) is 6.91. The lowest BCUT2D eigenvalue weighted by atomic mass is 9.75. The Labute approximate surface area is 163 Å². The molecule has 26 heavy (non-hydrogen) atoms. The van der Waals surface area contributed by atoms with Gasteiger partial charge >= 0.3 is 0 Å². The van der Waals surface area contributed by atoms with E-state index in [2.05, 4.69) is 73.9 Å². The molecular weight excluding hydrogens is 338 g/mol. The van der Waals surface area contributed by atoms with E-state index in [0.29, 0.717) is 12.0 Å². The van der Waals surface area contributed by atoms with E-state index in [4.69, 9.17) is 4.74 Å². The largest absolute Gasteiger partial charge is 0.376 e. The number of ether oxygens (including phenoxy) is 1. The van der Waals surface area contributed by atoms with Crippen molar-refractivity contribution in [3.8, 4) is 0 Å². The summed E-state index contributed by atoms with van der Waals surface area (Å²) < 4.78 is 5.97. The van der Waals surface area contributed by atoms with Crippen LogP contribution < -0.4 is 5.32 Å². The average molecular weight is 372 g/mol. The first-order chi connectivity index (χ1) is 12.5. The number of thiophene rings is 1. The highest BCUT2D eigenvalue weighted by atomic mass is 32.1. The molecule has 1 aliphatic rings. The van der Waals surface area contributed by atoms with Crippen LogP contribution in [0.4, 0.5) is 0 Å². The Morgan fingerprint density at radius 2 is 2.00 bits per heavy atom. The third-order valence-electron chi connectivity index (χ3n) is 5.68. The summed E-state index contributed by atoms with van der Waals surface area (Å²) in [7, 11) is 0. The first kappa shape index (κ1) is 19.6. The number of nitrogens with one attached hydrogen (secondary N) is 1. The second kappa shape index (κ2) is 9.16. The molecule has 3 unspecified atom stereocenters. The summed E-state index contributed by atoms with van der Waals surface area (Å²) >= 11 is 1.84. The van der Waals surface area contributed by atoms with Gasteiger partial charge in [0, 0.05) is 17.5 Å². The normalized spacial score (nSPS) is 22.0. The van der Waals surface area contributed by atoms with Crippen molar-refractivity contribution >= 4 is 11.3 Å². The van der Waals surface area contributed by atoms with Crippen LogP contribution in [-0.4, -0.2) is 18.8 Å². The maximum absolute atomic E-state index is 5.97. The molecule has 0 bridgehead atoms. The van der Waals surface area contributed by atoms with Crippen molar-refractivity contribution in [2.24, 2.45) is 11.8 Å². The fourth-order valence-electron chi connectivity index (χ4n) is 4.23. The number of benzene rings is 1. The lowest BCUT2D eigenvalue weighted by Crippen LogP contribution is -2.38. The Morgan fingerprint density at radius 1 is 1.19 bits per heavy atom. The molecule has 0 amide bonds. The molecule has 2 heterocycles. The van der Waals surface area contributed by atoms with Gasteiger partial charge in [0.15, 0.2) is 0 Å². The van der Waals surface area contributed by atoms with Crippen molar-refractivity contribution in [3.63, 3.8) is 0 Å². The van der Waals surface area contributed by atoms with Crippen LogP contribution in [0, 0.1) is 11.8 Å². The van der Waals surface area contributed by atoms with Crippen LogP contribution in [0.15, 0.2) is 47.8 Å². The van der Waals surface area contributed by atoms with E-state index in [9.17, 15) is 0 Å². The van der Waals surface area contributed by atoms with Crippen molar-refractivity contribution in [1.29, 1.82) is 0 Å². The highest BCUT2D eigenvalue weighted by molar-refractivity contribution is 7.10.